The van der Waals surface area contributed by atoms with Crippen LogP contribution < -0.4 is 10.6 Å². The van der Waals surface area contributed by atoms with Crippen molar-refractivity contribution in [1.82, 2.24) is 0 Å². The molecule has 114 valence electrons. The lowest BCUT2D eigenvalue weighted by atomic mass is 10.1. The zero-order valence-corrected chi connectivity index (χ0v) is 13.5. The van der Waals surface area contributed by atoms with Gasteiger partial charge in [0.1, 0.15) is 0 Å². The molecule has 0 aromatic heterocycles. The number of rotatable bonds is 2. The van der Waals surface area contributed by atoms with Gasteiger partial charge in [0.15, 0.2) is 0 Å². The van der Waals surface area contributed by atoms with Crippen molar-refractivity contribution in [3.8, 4) is 0 Å². The van der Waals surface area contributed by atoms with Crippen molar-refractivity contribution in [1.29, 1.82) is 0 Å². The molecule has 0 bridgehead atoms. The highest BCUT2D eigenvalue weighted by Crippen LogP contribution is 2.23. The minimum Gasteiger partial charge on any atom is -0.318 e. The molecule has 2 amide bonds. The Bertz CT molecular complexity index is 704. The first kappa shape index (κ1) is 16.3. The molecule has 0 aliphatic heterocycles. The maximum atomic E-state index is 12.0. The second-order valence-electron chi connectivity index (χ2n) is 4.83. The van der Waals surface area contributed by atoms with Crippen LogP contribution in [-0.2, 0) is 9.59 Å². The molecule has 0 saturated heterocycles. The molecule has 2 aromatic rings. The van der Waals surface area contributed by atoms with E-state index >= 15 is 0 Å². The molecule has 0 saturated carbocycles. The highest BCUT2D eigenvalue weighted by atomic mass is 35.5. The third kappa shape index (κ3) is 4.00. The lowest BCUT2D eigenvalue weighted by molar-refractivity contribution is -0.133. The van der Waals surface area contributed by atoms with E-state index in [2.05, 4.69) is 10.6 Å². The van der Waals surface area contributed by atoms with Gasteiger partial charge in [0.2, 0.25) is 0 Å². The van der Waals surface area contributed by atoms with E-state index in [1.807, 2.05) is 32.0 Å². The molecule has 0 heterocycles. The minimum absolute atomic E-state index is 0.360. The number of amides is 2. The van der Waals surface area contributed by atoms with Gasteiger partial charge in [-0.25, -0.2) is 0 Å². The van der Waals surface area contributed by atoms with Gasteiger partial charge < -0.3 is 10.6 Å². The van der Waals surface area contributed by atoms with Crippen LogP contribution in [0.4, 0.5) is 11.4 Å². The van der Waals surface area contributed by atoms with E-state index in [1.165, 1.54) is 18.2 Å². The van der Waals surface area contributed by atoms with Gasteiger partial charge in [0.25, 0.3) is 0 Å². The quantitative estimate of drug-likeness (QED) is 0.808. The molecule has 2 rings (SSSR count). The summed E-state index contributed by atoms with van der Waals surface area (Å²) in [5.74, 6) is -1.55. The molecule has 0 aliphatic carbocycles. The van der Waals surface area contributed by atoms with Crippen molar-refractivity contribution in [2.24, 2.45) is 0 Å². The van der Waals surface area contributed by atoms with E-state index in [4.69, 9.17) is 23.2 Å². The van der Waals surface area contributed by atoms with E-state index in [0.717, 1.165) is 11.1 Å². The Balaban J connectivity index is 2.11. The Morgan fingerprint density at radius 1 is 0.864 bits per heavy atom. The smallest absolute Gasteiger partial charge is 0.314 e. The summed E-state index contributed by atoms with van der Waals surface area (Å²) >= 11 is 11.7. The summed E-state index contributed by atoms with van der Waals surface area (Å²) in [4.78, 5) is 24.0. The number of hydrogen-bond donors (Lipinski definition) is 2. The number of aryl methyl sites for hydroxylation is 2. The number of carbonyl (C=O) groups excluding carboxylic acids is 2. The molecule has 2 N–H and O–H groups in total. The lowest BCUT2D eigenvalue weighted by Gasteiger charge is -2.11. The lowest BCUT2D eigenvalue weighted by Crippen LogP contribution is -2.29. The van der Waals surface area contributed by atoms with E-state index < -0.39 is 11.8 Å². The van der Waals surface area contributed by atoms with Gasteiger partial charge in [-0.1, -0.05) is 41.4 Å². The highest BCUT2D eigenvalue weighted by Gasteiger charge is 2.16. The van der Waals surface area contributed by atoms with Crippen LogP contribution in [0.15, 0.2) is 36.4 Å². The molecule has 4 nitrogen and oxygen atoms in total. The maximum absolute atomic E-state index is 12.0. The van der Waals surface area contributed by atoms with Crippen molar-refractivity contribution in [2.75, 3.05) is 10.6 Å². The third-order valence-corrected chi connectivity index (χ3v) is 3.48. The van der Waals surface area contributed by atoms with Crippen molar-refractivity contribution in [3.05, 3.63) is 57.6 Å². The number of carbonyl (C=O) groups is 2. The van der Waals surface area contributed by atoms with Crippen molar-refractivity contribution in [3.63, 3.8) is 0 Å². The summed E-state index contributed by atoms with van der Waals surface area (Å²) in [6.45, 7) is 3.72. The first-order chi connectivity index (χ1) is 10.4. The van der Waals surface area contributed by atoms with Crippen molar-refractivity contribution >= 4 is 46.4 Å². The molecule has 22 heavy (non-hydrogen) atoms. The molecular formula is C16H14Cl2N2O2. The van der Waals surface area contributed by atoms with Gasteiger partial charge >= 0.3 is 11.8 Å². The van der Waals surface area contributed by atoms with E-state index in [-0.39, 0.29) is 0 Å². The average Bonchev–Trinajstić information content (AvgIpc) is 2.41. The summed E-state index contributed by atoms with van der Waals surface area (Å²) in [6, 6.07) is 10.2. The SMILES string of the molecule is Cc1cccc(C)c1NC(=O)C(=O)Nc1cc(Cl)cc(Cl)c1. The Morgan fingerprint density at radius 3 is 1.91 bits per heavy atom. The van der Waals surface area contributed by atoms with Crippen LogP contribution in [0.25, 0.3) is 0 Å². The van der Waals surface area contributed by atoms with E-state index in [0.29, 0.717) is 21.4 Å². The van der Waals surface area contributed by atoms with Gasteiger partial charge in [-0.2, -0.15) is 0 Å². The summed E-state index contributed by atoms with van der Waals surface area (Å²) in [7, 11) is 0. The molecule has 0 atom stereocenters. The zero-order chi connectivity index (χ0) is 16.3. The summed E-state index contributed by atoms with van der Waals surface area (Å²) < 4.78 is 0. The van der Waals surface area contributed by atoms with Gasteiger partial charge in [0, 0.05) is 21.4 Å². The summed E-state index contributed by atoms with van der Waals surface area (Å²) in [5.41, 5.74) is 2.75. The first-order valence-corrected chi connectivity index (χ1v) is 7.27. The number of anilines is 2. The maximum Gasteiger partial charge on any atom is 0.314 e. The monoisotopic (exact) mass is 336 g/mol. The highest BCUT2D eigenvalue weighted by molar-refractivity contribution is 6.44. The fourth-order valence-electron chi connectivity index (χ4n) is 2.00. The fraction of sp³-hybridized carbons (Fsp3) is 0.125. The van der Waals surface area contributed by atoms with Crippen LogP contribution in [-0.4, -0.2) is 11.8 Å². The summed E-state index contributed by atoms with van der Waals surface area (Å²) in [5, 5.41) is 5.82. The van der Waals surface area contributed by atoms with Crippen molar-refractivity contribution < 1.29 is 9.59 Å². The Kier molecular flexibility index (Phi) is 5.06. The predicted octanol–water partition coefficient (Wildman–Crippen LogP) is 4.19. The largest absolute Gasteiger partial charge is 0.318 e. The number of nitrogens with one attached hydrogen (secondary N) is 2. The van der Waals surface area contributed by atoms with Gasteiger partial charge in [-0.3, -0.25) is 9.59 Å². The van der Waals surface area contributed by atoms with Crippen molar-refractivity contribution in [2.45, 2.75) is 13.8 Å². The second-order valence-corrected chi connectivity index (χ2v) is 5.71. The van der Waals surface area contributed by atoms with Crippen LogP contribution in [0.1, 0.15) is 11.1 Å². The second kappa shape index (κ2) is 6.81. The van der Waals surface area contributed by atoms with Gasteiger partial charge in [-0.15, -0.1) is 0 Å². The Labute approximate surface area is 138 Å². The van der Waals surface area contributed by atoms with Crippen LogP contribution >= 0.6 is 23.2 Å². The fourth-order valence-corrected chi connectivity index (χ4v) is 2.52. The normalized spacial score (nSPS) is 10.2. The topological polar surface area (TPSA) is 58.2 Å². The number of para-hydroxylation sites is 1. The summed E-state index contributed by atoms with van der Waals surface area (Å²) in [6.07, 6.45) is 0. The first-order valence-electron chi connectivity index (χ1n) is 6.51. The van der Waals surface area contributed by atoms with E-state index in [1.54, 1.807) is 0 Å². The van der Waals surface area contributed by atoms with Crippen LogP contribution in [0.5, 0.6) is 0 Å². The number of benzene rings is 2. The third-order valence-electron chi connectivity index (χ3n) is 3.05. The Hall–Kier alpha value is -2.04. The molecule has 2 aromatic carbocycles. The molecule has 0 fully saturated rings. The average molecular weight is 337 g/mol. The number of hydrogen-bond acceptors (Lipinski definition) is 2. The standard InChI is InChI=1S/C16H14Cl2N2O2/c1-9-4-3-5-10(2)14(9)20-16(22)15(21)19-13-7-11(17)6-12(18)8-13/h3-8H,1-2H3,(H,19,21)(H,20,22). The van der Waals surface area contributed by atoms with Gasteiger partial charge in [-0.05, 0) is 43.2 Å². The van der Waals surface area contributed by atoms with Crippen LogP contribution in [0, 0.1) is 13.8 Å². The molecule has 0 aliphatic rings. The van der Waals surface area contributed by atoms with E-state index in [9.17, 15) is 9.59 Å². The zero-order valence-electron chi connectivity index (χ0n) is 12.0. The molecule has 0 unspecified atom stereocenters. The van der Waals surface area contributed by atoms with Gasteiger partial charge in [0.05, 0.1) is 0 Å². The molecule has 6 heteroatoms. The molecule has 0 radical (unpaired) electrons. The Morgan fingerprint density at radius 2 is 1.36 bits per heavy atom. The minimum atomic E-state index is -0.791. The van der Waals surface area contributed by atoms with Crippen LogP contribution in [0.2, 0.25) is 10.0 Å². The number of halogens is 2. The molecular weight excluding hydrogens is 323 g/mol. The van der Waals surface area contributed by atoms with Crippen LogP contribution in [0.3, 0.4) is 0 Å². The molecule has 0 spiro atoms. The predicted molar refractivity (Wildman–Crippen MR) is 89.6 cm³/mol.